The lowest BCUT2D eigenvalue weighted by atomic mass is 10.1. The number of nitrogens with one attached hydrogen (secondary N) is 1. The van der Waals surface area contributed by atoms with Crippen LogP contribution in [0.3, 0.4) is 0 Å². The first-order valence-corrected chi connectivity index (χ1v) is 11.6. The van der Waals surface area contributed by atoms with E-state index in [0.717, 1.165) is 12.1 Å². The van der Waals surface area contributed by atoms with Crippen LogP contribution in [0.2, 0.25) is 0 Å². The number of carbonyl (C=O) groups excluding carboxylic acids is 1. The Morgan fingerprint density at radius 2 is 2.10 bits per heavy atom. The summed E-state index contributed by atoms with van der Waals surface area (Å²) in [6.07, 6.45) is 2.71. The van der Waals surface area contributed by atoms with E-state index >= 15 is 0 Å². The highest BCUT2D eigenvalue weighted by Gasteiger charge is 2.31. The number of fused-ring (bicyclic) bond motifs is 1. The third-order valence-electron chi connectivity index (χ3n) is 5.25. The Hall–Kier alpha value is -2.55. The van der Waals surface area contributed by atoms with Gasteiger partial charge < -0.3 is 15.1 Å². The van der Waals surface area contributed by atoms with Gasteiger partial charge in [-0.3, -0.25) is 4.79 Å². The highest BCUT2D eigenvalue weighted by Crippen LogP contribution is 2.34. The number of halogens is 2. The van der Waals surface area contributed by atoms with E-state index < -0.39 is 12.1 Å². The molecular weight excluding hydrogens is 420 g/mol. The summed E-state index contributed by atoms with van der Waals surface area (Å²) in [7, 11) is 1.80. The largest absolute Gasteiger partial charge is 0.393 e. The number of thiazole rings is 1. The number of carbonyl (C=O) groups is 1. The van der Waals surface area contributed by atoms with Crippen LogP contribution in [0.4, 0.5) is 14.6 Å². The summed E-state index contributed by atoms with van der Waals surface area (Å²) < 4.78 is 28.1. The average molecular weight is 450 g/mol. The van der Waals surface area contributed by atoms with Gasteiger partial charge in [0.1, 0.15) is 21.9 Å². The number of alkyl halides is 1. The fourth-order valence-electron chi connectivity index (χ4n) is 3.74. The van der Waals surface area contributed by atoms with Gasteiger partial charge in [0, 0.05) is 38.5 Å². The predicted octanol–water partition coefficient (Wildman–Crippen LogP) is 4.39. The second-order valence-corrected chi connectivity index (χ2v) is 8.12. The van der Waals surface area contributed by atoms with E-state index in [-0.39, 0.29) is 18.0 Å². The van der Waals surface area contributed by atoms with Crippen LogP contribution in [0.15, 0.2) is 24.0 Å². The van der Waals surface area contributed by atoms with Gasteiger partial charge in [0.2, 0.25) is 5.95 Å². The molecule has 1 atom stereocenters. The smallest absolute Gasteiger partial charge is 0.270 e. The maximum absolute atomic E-state index is 14.7. The third-order valence-corrected chi connectivity index (χ3v) is 6.37. The zero-order valence-electron chi connectivity index (χ0n) is 18.4. The third kappa shape index (κ3) is 4.71. The van der Waals surface area contributed by atoms with Crippen molar-refractivity contribution in [1.82, 2.24) is 20.2 Å². The predicted molar refractivity (Wildman–Crippen MR) is 121 cm³/mol. The molecule has 2 aliphatic heterocycles. The van der Waals surface area contributed by atoms with Gasteiger partial charge in [-0.15, -0.1) is 11.3 Å². The van der Waals surface area contributed by atoms with Gasteiger partial charge in [0.25, 0.3) is 5.91 Å². The fourth-order valence-corrected chi connectivity index (χ4v) is 4.82. The van der Waals surface area contributed by atoms with Crippen LogP contribution in [-0.2, 0) is 6.42 Å². The van der Waals surface area contributed by atoms with E-state index in [4.69, 9.17) is 0 Å². The molecule has 1 fully saturated rings. The van der Waals surface area contributed by atoms with Crippen LogP contribution >= 0.6 is 11.3 Å². The molecule has 0 aromatic carbocycles. The number of hydrogen-bond acceptors (Lipinski definition) is 6. The van der Waals surface area contributed by atoms with Crippen LogP contribution in [0.1, 0.15) is 49.0 Å². The number of amides is 1. The number of aromatic nitrogens is 2. The van der Waals surface area contributed by atoms with E-state index in [1.165, 1.54) is 11.3 Å². The molecule has 2 aliphatic rings. The van der Waals surface area contributed by atoms with E-state index in [9.17, 15) is 13.6 Å². The molecule has 2 aromatic heterocycles. The minimum Gasteiger partial charge on any atom is -0.393 e. The molecule has 0 aliphatic carbocycles. The van der Waals surface area contributed by atoms with E-state index in [0.29, 0.717) is 47.3 Å². The summed E-state index contributed by atoms with van der Waals surface area (Å²) in [5.41, 5.74) is 1.88. The minimum atomic E-state index is -0.899. The summed E-state index contributed by atoms with van der Waals surface area (Å²) >= 11 is 1.20. The van der Waals surface area contributed by atoms with Crippen molar-refractivity contribution >= 4 is 23.1 Å². The van der Waals surface area contributed by atoms with Crippen LogP contribution in [-0.4, -0.2) is 53.6 Å². The number of anilines is 1. The molecule has 1 saturated heterocycles. The molecule has 168 valence electrons. The Balaban J connectivity index is 0.00000132. The second kappa shape index (κ2) is 10.2. The summed E-state index contributed by atoms with van der Waals surface area (Å²) in [5, 5.41) is 3.42. The molecule has 2 aromatic rings. The number of pyridine rings is 1. The van der Waals surface area contributed by atoms with Crippen molar-refractivity contribution in [3.63, 3.8) is 0 Å². The van der Waals surface area contributed by atoms with Crippen LogP contribution in [0.25, 0.3) is 10.6 Å². The Bertz CT molecular complexity index is 961. The lowest BCUT2D eigenvalue weighted by Gasteiger charge is -2.27. The van der Waals surface area contributed by atoms with Crippen molar-refractivity contribution in [1.29, 1.82) is 0 Å². The maximum atomic E-state index is 14.7. The van der Waals surface area contributed by atoms with E-state index in [1.807, 2.05) is 27.0 Å². The first kappa shape index (κ1) is 23.1. The van der Waals surface area contributed by atoms with Gasteiger partial charge in [0.05, 0.1) is 17.8 Å². The highest BCUT2D eigenvalue weighted by molar-refractivity contribution is 7.17. The van der Waals surface area contributed by atoms with Crippen molar-refractivity contribution in [2.24, 2.45) is 0 Å². The Kier molecular flexibility index (Phi) is 7.59. The first-order chi connectivity index (χ1) is 15.0. The minimum absolute atomic E-state index is 0.102. The molecule has 4 rings (SSSR count). The van der Waals surface area contributed by atoms with Gasteiger partial charge in [-0.25, -0.2) is 14.4 Å². The van der Waals surface area contributed by atoms with Crippen molar-refractivity contribution in [3.05, 3.63) is 40.5 Å². The fraction of sp³-hybridized carbons (Fsp3) is 0.500. The molecule has 31 heavy (non-hydrogen) atoms. The van der Waals surface area contributed by atoms with Crippen LogP contribution in [0.5, 0.6) is 0 Å². The summed E-state index contributed by atoms with van der Waals surface area (Å²) in [5.74, 6) is -0.321. The van der Waals surface area contributed by atoms with Crippen LogP contribution in [0, 0.1) is 5.95 Å². The van der Waals surface area contributed by atoms with Gasteiger partial charge in [-0.2, -0.15) is 4.39 Å². The Morgan fingerprint density at radius 1 is 1.32 bits per heavy atom. The second-order valence-electron chi connectivity index (χ2n) is 7.12. The molecule has 1 N–H and O–H groups in total. The van der Waals surface area contributed by atoms with E-state index in [1.54, 1.807) is 29.0 Å². The molecule has 0 bridgehead atoms. The zero-order valence-corrected chi connectivity index (χ0v) is 19.2. The van der Waals surface area contributed by atoms with Crippen LogP contribution < -0.4 is 10.2 Å². The average Bonchev–Trinajstić information content (AvgIpc) is 3.41. The molecule has 6 nitrogen and oxygen atoms in total. The number of allylic oxidation sites excluding steroid dienone is 1. The molecule has 0 saturated carbocycles. The maximum Gasteiger partial charge on any atom is 0.270 e. The van der Waals surface area contributed by atoms with Crippen molar-refractivity contribution in [2.75, 3.05) is 31.6 Å². The normalized spacial score (nSPS) is 18.6. The summed E-state index contributed by atoms with van der Waals surface area (Å²) in [6.45, 7) is 7.32. The van der Waals surface area contributed by atoms with Gasteiger partial charge in [0.15, 0.2) is 0 Å². The van der Waals surface area contributed by atoms with Crippen molar-refractivity contribution in [3.8, 4) is 10.6 Å². The molecule has 4 heterocycles. The highest BCUT2D eigenvalue weighted by atomic mass is 32.1. The lowest BCUT2D eigenvalue weighted by molar-refractivity contribution is 0.0791. The number of hydrogen-bond donors (Lipinski definition) is 1. The standard InChI is InChI=1S/C20H23F2N5OS.C2H6/c1-3-13(10-23-2)27-9-7-15-17(20(27)28)29-19(24-15)14-4-5-16(25-18(14)22)26-8-6-12(21)11-26;1-2/h4-5,10,12,23H,3,6-9,11H2,1-2H3;1-2H3/b13-10+;. The molecule has 9 heteroatoms. The van der Waals surface area contributed by atoms with Gasteiger partial charge in [-0.1, -0.05) is 20.8 Å². The Morgan fingerprint density at radius 3 is 2.71 bits per heavy atom. The lowest BCUT2D eigenvalue weighted by Crippen LogP contribution is -2.36. The molecule has 0 radical (unpaired) electrons. The quantitative estimate of drug-likeness (QED) is 0.686. The first-order valence-electron chi connectivity index (χ1n) is 10.8. The molecule has 1 unspecified atom stereocenters. The van der Waals surface area contributed by atoms with Crippen molar-refractivity contribution < 1.29 is 13.6 Å². The van der Waals surface area contributed by atoms with Crippen molar-refractivity contribution in [2.45, 2.75) is 46.2 Å². The monoisotopic (exact) mass is 449 g/mol. The number of nitrogens with zero attached hydrogens (tertiary/aromatic N) is 4. The summed E-state index contributed by atoms with van der Waals surface area (Å²) in [6, 6.07) is 3.31. The zero-order chi connectivity index (χ0) is 22.5. The topological polar surface area (TPSA) is 61.4 Å². The SMILES string of the molecule is CC.CC/C(=C\NC)N1CCc2nc(-c3ccc(N4CCC(F)C4)nc3F)sc2C1=O. The number of rotatable bonds is 5. The van der Waals surface area contributed by atoms with Gasteiger partial charge >= 0.3 is 0 Å². The Labute approximate surface area is 186 Å². The summed E-state index contributed by atoms with van der Waals surface area (Å²) in [4.78, 5) is 25.5. The molecule has 1 amide bonds. The van der Waals surface area contributed by atoms with E-state index in [2.05, 4.69) is 15.3 Å². The van der Waals surface area contributed by atoms with Gasteiger partial charge in [-0.05, 0) is 25.0 Å². The molecular formula is C22H29F2N5OS. The molecule has 0 spiro atoms.